The molecule has 0 spiro atoms. The van der Waals surface area contributed by atoms with Crippen LogP contribution in [0.15, 0.2) is 25.4 Å². The molecule has 0 aromatic carbocycles. The van der Waals surface area contributed by atoms with Crippen LogP contribution in [0.4, 0.5) is 0 Å². The molecule has 1 aromatic heterocycles. The number of carbonyl (C=O) groups excluding carboxylic acids is 1. The molecule has 0 saturated carbocycles. The Morgan fingerprint density at radius 2 is 2.31 bits per heavy atom. The van der Waals surface area contributed by atoms with Gasteiger partial charge in [-0.15, -0.1) is 0 Å². The average molecular weight is 177 g/mol. The molecule has 0 N–H and O–H groups in total. The van der Waals surface area contributed by atoms with Gasteiger partial charge in [0, 0.05) is 18.1 Å². The average Bonchev–Trinajstić information content (AvgIpc) is 2.59. The molecule has 1 heterocycles. The van der Waals surface area contributed by atoms with Crippen LogP contribution in [0.25, 0.3) is 12.3 Å². The van der Waals surface area contributed by atoms with Crippen LogP contribution in [0, 0.1) is 0 Å². The summed E-state index contributed by atoms with van der Waals surface area (Å²) in [5.74, 6) is -0.358. The van der Waals surface area contributed by atoms with Crippen LogP contribution in [0.1, 0.15) is 16.1 Å². The van der Waals surface area contributed by atoms with Gasteiger partial charge in [0.25, 0.3) is 0 Å². The van der Waals surface area contributed by atoms with Crippen LogP contribution >= 0.6 is 0 Å². The van der Waals surface area contributed by atoms with Gasteiger partial charge in [-0.3, -0.25) is 0 Å². The number of methoxy groups -OCH3 is 1. The van der Waals surface area contributed by atoms with Crippen LogP contribution in [0.3, 0.4) is 0 Å². The lowest BCUT2D eigenvalue weighted by molar-refractivity contribution is 0.0601. The normalized spacial score (nSPS) is 9.31. The molecule has 0 aliphatic rings. The van der Waals surface area contributed by atoms with Crippen molar-refractivity contribution in [3.63, 3.8) is 0 Å². The van der Waals surface area contributed by atoms with Crippen LogP contribution in [0.5, 0.6) is 0 Å². The van der Waals surface area contributed by atoms with E-state index in [9.17, 15) is 4.79 Å². The van der Waals surface area contributed by atoms with E-state index in [2.05, 4.69) is 17.9 Å². The Kier molecular flexibility index (Phi) is 2.69. The number of carbonyl (C=O) groups is 1. The van der Waals surface area contributed by atoms with E-state index < -0.39 is 0 Å². The maximum absolute atomic E-state index is 11.1. The summed E-state index contributed by atoms with van der Waals surface area (Å²) >= 11 is 0. The molecule has 0 bridgehead atoms. The fourth-order valence-electron chi connectivity index (χ4n) is 1.05. The van der Waals surface area contributed by atoms with Gasteiger partial charge in [0.2, 0.25) is 0 Å². The minimum absolute atomic E-state index is 0.358. The first-order valence-electron chi connectivity index (χ1n) is 3.78. The summed E-state index contributed by atoms with van der Waals surface area (Å²) in [5.41, 5.74) is 1.31. The van der Waals surface area contributed by atoms with Gasteiger partial charge in [-0.25, -0.2) is 4.79 Å². The SMILES string of the molecule is C=Cc1cc(C(=O)OC)cn1C=C. The van der Waals surface area contributed by atoms with Gasteiger partial charge in [-0.1, -0.05) is 13.2 Å². The zero-order valence-corrected chi connectivity index (χ0v) is 7.49. The monoisotopic (exact) mass is 177 g/mol. The molecule has 3 heteroatoms. The first kappa shape index (κ1) is 9.32. The summed E-state index contributed by atoms with van der Waals surface area (Å²) in [6, 6.07) is 1.69. The maximum atomic E-state index is 11.1. The molecule has 0 fully saturated rings. The minimum Gasteiger partial charge on any atom is -0.465 e. The number of nitrogens with zero attached hydrogens (tertiary/aromatic N) is 1. The first-order chi connectivity index (χ1) is 6.22. The third-order valence-corrected chi connectivity index (χ3v) is 1.71. The van der Waals surface area contributed by atoms with Gasteiger partial charge < -0.3 is 9.30 Å². The van der Waals surface area contributed by atoms with Crippen molar-refractivity contribution in [3.8, 4) is 0 Å². The standard InChI is InChI=1S/C10H11NO2/c1-4-9-6-8(10(12)13-3)7-11(9)5-2/h4-7H,1-2H2,3H3. The molecular formula is C10H11NO2. The summed E-state index contributed by atoms with van der Waals surface area (Å²) in [6.45, 7) is 7.22. The van der Waals surface area contributed by atoms with E-state index in [4.69, 9.17) is 0 Å². The number of aromatic nitrogens is 1. The minimum atomic E-state index is -0.358. The van der Waals surface area contributed by atoms with E-state index in [1.54, 1.807) is 29.1 Å². The molecule has 0 unspecified atom stereocenters. The highest BCUT2D eigenvalue weighted by atomic mass is 16.5. The fraction of sp³-hybridized carbons (Fsp3) is 0.100. The molecule has 0 saturated heterocycles. The van der Waals surface area contributed by atoms with Crippen molar-refractivity contribution < 1.29 is 9.53 Å². The van der Waals surface area contributed by atoms with Crippen molar-refractivity contribution in [1.29, 1.82) is 0 Å². The van der Waals surface area contributed by atoms with Crippen molar-refractivity contribution in [3.05, 3.63) is 36.7 Å². The van der Waals surface area contributed by atoms with Gasteiger partial charge in [0.1, 0.15) is 0 Å². The Morgan fingerprint density at radius 1 is 1.62 bits per heavy atom. The second-order valence-corrected chi connectivity index (χ2v) is 2.44. The molecule has 0 aliphatic carbocycles. The Balaban J connectivity index is 3.13. The predicted octanol–water partition coefficient (Wildman–Crippen LogP) is 2.02. The molecular weight excluding hydrogens is 166 g/mol. The van der Waals surface area contributed by atoms with Crippen molar-refractivity contribution in [1.82, 2.24) is 4.57 Å². The number of hydrogen-bond donors (Lipinski definition) is 0. The molecule has 0 atom stereocenters. The molecule has 0 aliphatic heterocycles. The largest absolute Gasteiger partial charge is 0.465 e. The molecule has 13 heavy (non-hydrogen) atoms. The van der Waals surface area contributed by atoms with Crippen molar-refractivity contribution in [2.75, 3.05) is 7.11 Å². The van der Waals surface area contributed by atoms with Crippen molar-refractivity contribution >= 4 is 18.2 Å². The first-order valence-corrected chi connectivity index (χ1v) is 3.78. The summed E-state index contributed by atoms with van der Waals surface area (Å²) in [6.07, 6.45) is 4.90. The third-order valence-electron chi connectivity index (χ3n) is 1.71. The Hall–Kier alpha value is -1.77. The molecule has 3 nitrogen and oxygen atoms in total. The van der Waals surface area contributed by atoms with Crippen LogP contribution < -0.4 is 0 Å². The van der Waals surface area contributed by atoms with Gasteiger partial charge in [0.05, 0.1) is 12.7 Å². The highest BCUT2D eigenvalue weighted by Crippen LogP contribution is 2.11. The van der Waals surface area contributed by atoms with Gasteiger partial charge in [-0.05, 0) is 12.1 Å². The zero-order chi connectivity index (χ0) is 9.84. The summed E-state index contributed by atoms with van der Waals surface area (Å²) in [4.78, 5) is 11.1. The van der Waals surface area contributed by atoms with Gasteiger partial charge in [-0.2, -0.15) is 0 Å². The van der Waals surface area contributed by atoms with Crippen LogP contribution in [0.2, 0.25) is 0 Å². The zero-order valence-electron chi connectivity index (χ0n) is 7.49. The smallest absolute Gasteiger partial charge is 0.339 e. The van der Waals surface area contributed by atoms with Crippen molar-refractivity contribution in [2.45, 2.75) is 0 Å². The fourth-order valence-corrected chi connectivity index (χ4v) is 1.05. The lowest BCUT2D eigenvalue weighted by Crippen LogP contribution is -1.98. The summed E-state index contributed by atoms with van der Waals surface area (Å²) in [7, 11) is 1.35. The van der Waals surface area contributed by atoms with E-state index in [0.717, 1.165) is 5.69 Å². The summed E-state index contributed by atoms with van der Waals surface area (Å²) in [5, 5.41) is 0. The van der Waals surface area contributed by atoms with Gasteiger partial charge >= 0.3 is 5.97 Å². The number of rotatable bonds is 3. The lowest BCUT2D eigenvalue weighted by Gasteiger charge is -1.94. The van der Waals surface area contributed by atoms with Crippen molar-refractivity contribution in [2.24, 2.45) is 0 Å². The second-order valence-electron chi connectivity index (χ2n) is 2.44. The van der Waals surface area contributed by atoms with Crippen LogP contribution in [-0.4, -0.2) is 17.6 Å². The molecule has 68 valence electrons. The number of hydrogen-bond acceptors (Lipinski definition) is 2. The Bertz CT molecular complexity index is 324. The van der Waals surface area contributed by atoms with Crippen LogP contribution in [-0.2, 0) is 4.74 Å². The lowest BCUT2D eigenvalue weighted by atomic mass is 10.3. The Morgan fingerprint density at radius 3 is 2.69 bits per heavy atom. The summed E-state index contributed by atoms with van der Waals surface area (Å²) < 4.78 is 6.28. The quantitative estimate of drug-likeness (QED) is 0.661. The molecule has 0 amide bonds. The molecule has 0 radical (unpaired) electrons. The third kappa shape index (κ3) is 1.69. The highest BCUT2D eigenvalue weighted by molar-refractivity contribution is 5.90. The van der Waals surface area contributed by atoms with E-state index in [-0.39, 0.29) is 5.97 Å². The predicted molar refractivity (Wildman–Crippen MR) is 52.2 cm³/mol. The van der Waals surface area contributed by atoms with E-state index in [1.807, 2.05) is 0 Å². The number of ether oxygens (including phenoxy) is 1. The van der Waals surface area contributed by atoms with E-state index >= 15 is 0 Å². The Labute approximate surface area is 76.9 Å². The van der Waals surface area contributed by atoms with Gasteiger partial charge in [0.15, 0.2) is 0 Å². The van der Waals surface area contributed by atoms with E-state index in [0.29, 0.717) is 5.56 Å². The molecule has 1 aromatic rings. The second kappa shape index (κ2) is 3.76. The topological polar surface area (TPSA) is 31.2 Å². The highest BCUT2D eigenvalue weighted by Gasteiger charge is 2.08. The van der Waals surface area contributed by atoms with E-state index in [1.165, 1.54) is 7.11 Å². The maximum Gasteiger partial charge on any atom is 0.339 e. The number of esters is 1. The molecule has 1 rings (SSSR count).